The first kappa shape index (κ1) is 7.32. The van der Waals surface area contributed by atoms with Gasteiger partial charge in [0.15, 0.2) is 0 Å². The van der Waals surface area contributed by atoms with E-state index in [1.807, 2.05) is 6.20 Å². The quantitative estimate of drug-likeness (QED) is 0.683. The van der Waals surface area contributed by atoms with Gasteiger partial charge in [0.25, 0.3) is 0 Å². The molecule has 0 radical (unpaired) electrons. The lowest BCUT2D eigenvalue weighted by Crippen LogP contribution is -1.72. The van der Waals surface area contributed by atoms with Crippen LogP contribution < -0.4 is 0 Å². The maximum atomic E-state index is 6.79. The molecule has 0 spiro atoms. The number of aromatic nitrogens is 2. The van der Waals surface area contributed by atoms with E-state index in [0.29, 0.717) is 5.69 Å². The summed E-state index contributed by atoms with van der Waals surface area (Å²) in [6.07, 6.45) is 3.37. The number of pyridine rings is 1. The fraction of sp³-hybridized carbons (Fsp3) is 0. The van der Waals surface area contributed by atoms with Crippen LogP contribution in [0, 0.1) is 6.57 Å². The van der Waals surface area contributed by atoms with E-state index in [1.54, 1.807) is 12.3 Å². The SMILES string of the molecule is [C-]#[N+]c1cnc2c(Br)c[nH]c2c1. The van der Waals surface area contributed by atoms with Crippen LogP contribution in [-0.2, 0) is 0 Å². The van der Waals surface area contributed by atoms with Crippen LogP contribution in [0.3, 0.4) is 0 Å². The van der Waals surface area contributed by atoms with E-state index in [9.17, 15) is 0 Å². The van der Waals surface area contributed by atoms with Crippen LogP contribution in [0.15, 0.2) is 22.9 Å². The van der Waals surface area contributed by atoms with E-state index in [0.717, 1.165) is 15.5 Å². The molecule has 4 heteroatoms. The van der Waals surface area contributed by atoms with Gasteiger partial charge in [0.1, 0.15) is 0 Å². The van der Waals surface area contributed by atoms with Crippen molar-refractivity contribution in [1.29, 1.82) is 0 Å². The van der Waals surface area contributed by atoms with Gasteiger partial charge in [0.2, 0.25) is 5.69 Å². The van der Waals surface area contributed by atoms with Crippen molar-refractivity contribution in [1.82, 2.24) is 9.97 Å². The third-order valence-corrected chi connectivity index (χ3v) is 2.19. The minimum atomic E-state index is 0.553. The molecule has 0 unspecified atom stereocenters. The van der Waals surface area contributed by atoms with E-state index >= 15 is 0 Å². The molecule has 0 aromatic carbocycles. The van der Waals surface area contributed by atoms with E-state index in [4.69, 9.17) is 6.57 Å². The van der Waals surface area contributed by atoms with Gasteiger partial charge in [0.05, 0.1) is 22.1 Å². The fourth-order valence-corrected chi connectivity index (χ4v) is 1.46. The molecule has 0 atom stereocenters. The van der Waals surface area contributed by atoms with Crippen molar-refractivity contribution in [2.75, 3.05) is 0 Å². The second-order valence-electron chi connectivity index (χ2n) is 2.34. The van der Waals surface area contributed by atoms with E-state index in [-0.39, 0.29) is 0 Å². The fourth-order valence-electron chi connectivity index (χ4n) is 1.02. The second-order valence-corrected chi connectivity index (χ2v) is 3.19. The highest BCUT2D eigenvalue weighted by Crippen LogP contribution is 2.24. The standard InChI is InChI=1S/C8H4BrN3/c1-10-5-2-7-8(12-3-5)6(9)4-11-7/h2-4,11H. The van der Waals surface area contributed by atoms with Crippen LogP contribution in [0.2, 0.25) is 0 Å². The van der Waals surface area contributed by atoms with Crippen molar-refractivity contribution in [2.45, 2.75) is 0 Å². The number of rotatable bonds is 0. The number of fused-ring (bicyclic) bond motifs is 1. The van der Waals surface area contributed by atoms with Crippen molar-refractivity contribution in [2.24, 2.45) is 0 Å². The third kappa shape index (κ3) is 0.990. The molecule has 2 heterocycles. The molecular formula is C8H4BrN3. The zero-order chi connectivity index (χ0) is 8.55. The lowest BCUT2D eigenvalue weighted by molar-refractivity contribution is 1.41. The van der Waals surface area contributed by atoms with Crippen molar-refractivity contribution in [3.63, 3.8) is 0 Å². The van der Waals surface area contributed by atoms with Gasteiger partial charge in [-0.15, -0.1) is 0 Å². The lowest BCUT2D eigenvalue weighted by atomic mass is 10.3. The molecule has 0 saturated heterocycles. The monoisotopic (exact) mass is 221 g/mol. The van der Waals surface area contributed by atoms with Crippen LogP contribution in [0.25, 0.3) is 15.9 Å². The topological polar surface area (TPSA) is 33.0 Å². The van der Waals surface area contributed by atoms with Gasteiger partial charge in [-0.1, -0.05) is 0 Å². The van der Waals surface area contributed by atoms with E-state index in [2.05, 4.69) is 30.7 Å². The Morgan fingerprint density at radius 2 is 2.42 bits per heavy atom. The molecule has 2 aromatic heterocycles. The number of H-pyrrole nitrogens is 1. The lowest BCUT2D eigenvalue weighted by Gasteiger charge is -1.89. The Morgan fingerprint density at radius 3 is 3.17 bits per heavy atom. The number of hydrogen-bond acceptors (Lipinski definition) is 1. The molecule has 1 N–H and O–H groups in total. The van der Waals surface area contributed by atoms with Crippen LogP contribution in [-0.4, -0.2) is 9.97 Å². The highest BCUT2D eigenvalue weighted by Gasteiger charge is 2.01. The maximum Gasteiger partial charge on any atom is 0.207 e. The highest BCUT2D eigenvalue weighted by molar-refractivity contribution is 9.10. The van der Waals surface area contributed by atoms with E-state index in [1.165, 1.54) is 0 Å². The maximum absolute atomic E-state index is 6.79. The van der Waals surface area contributed by atoms with Crippen molar-refractivity contribution in [3.8, 4) is 0 Å². The minimum absolute atomic E-state index is 0.553. The Labute approximate surface area is 77.4 Å². The first-order chi connectivity index (χ1) is 5.81. The molecule has 58 valence electrons. The normalized spacial score (nSPS) is 10.0. The predicted octanol–water partition coefficient (Wildman–Crippen LogP) is 2.88. The van der Waals surface area contributed by atoms with Crippen molar-refractivity contribution in [3.05, 3.63) is 34.3 Å². The van der Waals surface area contributed by atoms with Crippen LogP contribution in [0.1, 0.15) is 0 Å². The molecule has 3 nitrogen and oxygen atoms in total. The smallest absolute Gasteiger partial charge is 0.207 e. The summed E-state index contributed by atoms with van der Waals surface area (Å²) in [5.41, 5.74) is 2.30. The molecule has 2 rings (SSSR count). The van der Waals surface area contributed by atoms with E-state index < -0.39 is 0 Å². The molecule has 0 aliphatic rings. The summed E-state index contributed by atoms with van der Waals surface area (Å²) in [5, 5.41) is 0. The Kier molecular flexibility index (Phi) is 1.59. The van der Waals surface area contributed by atoms with Gasteiger partial charge >= 0.3 is 0 Å². The zero-order valence-corrected chi connectivity index (χ0v) is 7.59. The Balaban J connectivity index is 2.80. The van der Waals surface area contributed by atoms with Gasteiger partial charge < -0.3 is 4.98 Å². The first-order valence-electron chi connectivity index (χ1n) is 3.31. The molecule has 2 aromatic rings. The zero-order valence-electron chi connectivity index (χ0n) is 6.00. The Bertz CT molecular complexity index is 467. The third-order valence-electron chi connectivity index (χ3n) is 1.58. The Hall–Kier alpha value is -1.34. The number of aromatic amines is 1. The van der Waals surface area contributed by atoms with Crippen molar-refractivity contribution < 1.29 is 0 Å². The van der Waals surface area contributed by atoms with Gasteiger partial charge in [-0.3, -0.25) is 4.98 Å². The molecule has 0 aliphatic carbocycles. The molecule has 0 amide bonds. The molecule has 0 fully saturated rings. The summed E-state index contributed by atoms with van der Waals surface area (Å²) in [6, 6.07) is 1.78. The Morgan fingerprint density at radius 1 is 1.58 bits per heavy atom. The van der Waals surface area contributed by atoms with Crippen LogP contribution in [0.5, 0.6) is 0 Å². The van der Waals surface area contributed by atoms with Crippen molar-refractivity contribution >= 4 is 32.7 Å². The van der Waals surface area contributed by atoms with Gasteiger partial charge in [-0.2, -0.15) is 0 Å². The molecule has 0 saturated carbocycles. The number of hydrogen-bond donors (Lipinski definition) is 1. The molecule has 0 bridgehead atoms. The molecular weight excluding hydrogens is 218 g/mol. The number of halogens is 1. The number of nitrogens with zero attached hydrogens (tertiary/aromatic N) is 2. The van der Waals surface area contributed by atoms with Gasteiger partial charge in [-0.05, 0) is 22.0 Å². The average Bonchev–Trinajstić information content (AvgIpc) is 2.47. The van der Waals surface area contributed by atoms with Crippen LogP contribution >= 0.6 is 15.9 Å². The average molecular weight is 222 g/mol. The highest BCUT2D eigenvalue weighted by atomic mass is 79.9. The molecule has 12 heavy (non-hydrogen) atoms. The van der Waals surface area contributed by atoms with Gasteiger partial charge in [-0.25, -0.2) is 4.85 Å². The first-order valence-corrected chi connectivity index (χ1v) is 4.10. The summed E-state index contributed by atoms with van der Waals surface area (Å²) in [4.78, 5) is 10.4. The van der Waals surface area contributed by atoms with Gasteiger partial charge in [0, 0.05) is 12.4 Å². The van der Waals surface area contributed by atoms with Crippen LogP contribution in [0.4, 0.5) is 5.69 Å². The number of nitrogens with one attached hydrogen (secondary N) is 1. The second kappa shape index (κ2) is 2.61. The largest absolute Gasteiger partial charge is 0.360 e. The predicted molar refractivity (Wildman–Crippen MR) is 50.1 cm³/mol. The summed E-state index contributed by atoms with van der Waals surface area (Å²) in [7, 11) is 0. The summed E-state index contributed by atoms with van der Waals surface area (Å²) < 4.78 is 0.925. The summed E-state index contributed by atoms with van der Waals surface area (Å²) in [6.45, 7) is 6.79. The molecule has 0 aliphatic heterocycles. The summed E-state index contributed by atoms with van der Waals surface area (Å²) >= 11 is 3.34. The minimum Gasteiger partial charge on any atom is -0.360 e. The summed E-state index contributed by atoms with van der Waals surface area (Å²) in [5.74, 6) is 0.